The average Bonchev–Trinajstić information content (AvgIpc) is 3.16. The fraction of sp³-hybridized carbons (Fsp3) is 0.222. The Kier molecular flexibility index (Phi) is 8.37. The third-order valence-corrected chi connectivity index (χ3v) is 7.56. The molecule has 0 aliphatic carbocycles. The molecule has 0 atom stereocenters. The van der Waals surface area contributed by atoms with Gasteiger partial charge in [0.1, 0.15) is 22.8 Å². The summed E-state index contributed by atoms with van der Waals surface area (Å²) in [6, 6.07) is 22.3. The van der Waals surface area contributed by atoms with Gasteiger partial charge in [0.15, 0.2) is 0 Å². The van der Waals surface area contributed by atoms with Gasteiger partial charge in [-0.3, -0.25) is 4.79 Å². The van der Waals surface area contributed by atoms with E-state index in [1.165, 1.54) is 59.5 Å². The molecule has 1 aliphatic rings. The molecular formula is C36H32F2N4O4. The first-order chi connectivity index (χ1) is 21.7. The number of hydrogen-bond donors (Lipinski definition) is 1. The number of nitriles is 1. The topological polar surface area (TPSA) is 103 Å². The van der Waals surface area contributed by atoms with Crippen molar-refractivity contribution >= 4 is 35.0 Å². The van der Waals surface area contributed by atoms with Crippen LogP contribution in [0.5, 0.6) is 0 Å². The largest absolute Gasteiger partial charge is 0.456 e. The monoisotopic (exact) mass is 622 g/mol. The van der Waals surface area contributed by atoms with Gasteiger partial charge in [-0.1, -0.05) is 18.2 Å². The van der Waals surface area contributed by atoms with Crippen LogP contribution in [0.4, 0.5) is 30.6 Å². The third-order valence-electron chi connectivity index (χ3n) is 7.56. The molecule has 1 fully saturated rings. The molecule has 0 bridgehead atoms. The van der Waals surface area contributed by atoms with E-state index in [4.69, 9.17) is 4.74 Å². The predicted molar refractivity (Wildman–Crippen MR) is 170 cm³/mol. The molecule has 1 aliphatic heterocycles. The first-order valence-electron chi connectivity index (χ1n) is 14.5. The van der Waals surface area contributed by atoms with Crippen molar-refractivity contribution in [3.63, 3.8) is 0 Å². The van der Waals surface area contributed by atoms with E-state index in [-0.39, 0.29) is 12.2 Å². The van der Waals surface area contributed by atoms with Crippen molar-refractivity contribution in [2.45, 2.75) is 52.3 Å². The van der Waals surface area contributed by atoms with Crippen LogP contribution in [0.1, 0.15) is 56.1 Å². The lowest BCUT2D eigenvalue weighted by molar-refractivity contribution is -0.123. The molecule has 8 nitrogen and oxygen atoms in total. The van der Waals surface area contributed by atoms with Crippen molar-refractivity contribution in [2.24, 2.45) is 0 Å². The van der Waals surface area contributed by atoms with Crippen molar-refractivity contribution in [2.75, 3.05) is 10.2 Å². The van der Waals surface area contributed by atoms with Gasteiger partial charge >= 0.3 is 12.0 Å². The number of ether oxygens (including phenoxy) is 1. The molecule has 10 heteroatoms. The highest BCUT2D eigenvalue weighted by atomic mass is 19.1. The van der Waals surface area contributed by atoms with Gasteiger partial charge in [0.2, 0.25) is 0 Å². The molecule has 0 aromatic heterocycles. The number of nitrogens with one attached hydrogen (secondary N) is 1. The Balaban J connectivity index is 1.42. The molecule has 5 rings (SSSR count). The molecule has 4 aromatic carbocycles. The molecule has 1 saturated heterocycles. The van der Waals surface area contributed by atoms with E-state index in [1.54, 1.807) is 65.0 Å². The second-order valence-electron chi connectivity index (χ2n) is 12.4. The number of carbonyl (C=O) groups excluding carboxylic acids is 3. The molecule has 3 amide bonds. The number of carbonyl (C=O) groups is 3. The van der Waals surface area contributed by atoms with E-state index in [0.717, 1.165) is 4.90 Å². The van der Waals surface area contributed by atoms with E-state index < -0.39 is 40.7 Å². The lowest BCUT2D eigenvalue weighted by Crippen LogP contribution is -2.43. The standard InChI is InChI=1S/C36H32F2N4O4/c1-35(2,3)46-32(43)23-9-15-28(16-10-23)40-31-18-27(38)14-8-25(31)21-41-34(45)42(33(44)36(41,4)5)29-17-11-24(20-39)30(19-29)22-6-12-26(37)13-7-22/h6-19,40H,21H2,1-5H3. The zero-order valence-electron chi connectivity index (χ0n) is 26.0. The minimum absolute atomic E-state index is 0.0340. The van der Waals surface area contributed by atoms with E-state index >= 15 is 0 Å². The van der Waals surface area contributed by atoms with Crippen LogP contribution in [0, 0.1) is 23.0 Å². The van der Waals surface area contributed by atoms with Crippen LogP contribution in [0.3, 0.4) is 0 Å². The maximum absolute atomic E-state index is 14.4. The van der Waals surface area contributed by atoms with Crippen LogP contribution < -0.4 is 10.2 Å². The fourth-order valence-electron chi connectivity index (χ4n) is 5.12. The predicted octanol–water partition coefficient (Wildman–Crippen LogP) is 7.95. The molecule has 0 unspecified atom stereocenters. The highest BCUT2D eigenvalue weighted by molar-refractivity contribution is 6.23. The average molecular weight is 623 g/mol. The lowest BCUT2D eigenvalue weighted by atomic mass is 9.98. The van der Waals surface area contributed by atoms with Crippen molar-refractivity contribution in [3.8, 4) is 17.2 Å². The summed E-state index contributed by atoms with van der Waals surface area (Å²) in [5.41, 5.74) is 1.46. The summed E-state index contributed by atoms with van der Waals surface area (Å²) < 4.78 is 33.4. The Morgan fingerprint density at radius 1 is 0.913 bits per heavy atom. The Bertz CT molecular complexity index is 1870. The summed E-state index contributed by atoms with van der Waals surface area (Å²) in [6.45, 7) is 8.56. The number of nitrogens with zero attached hydrogens (tertiary/aromatic N) is 3. The maximum Gasteiger partial charge on any atom is 0.338 e. The zero-order chi connectivity index (χ0) is 33.4. The number of imide groups is 1. The number of esters is 1. The zero-order valence-corrected chi connectivity index (χ0v) is 26.0. The lowest BCUT2D eigenvalue weighted by Gasteiger charge is -2.28. The summed E-state index contributed by atoms with van der Waals surface area (Å²) in [5.74, 6) is -1.90. The van der Waals surface area contributed by atoms with Crippen LogP contribution in [-0.2, 0) is 16.1 Å². The van der Waals surface area contributed by atoms with Gasteiger partial charge in [0.25, 0.3) is 5.91 Å². The smallest absolute Gasteiger partial charge is 0.338 e. The van der Waals surface area contributed by atoms with E-state index in [9.17, 15) is 28.4 Å². The second kappa shape index (κ2) is 12.1. The van der Waals surface area contributed by atoms with E-state index in [2.05, 4.69) is 11.4 Å². The molecule has 0 spiro atoms. The number of hydrogen-bond acceptors (Lipinski definition) is 6. The summed E-state index contributed by atoms with van der Waals surface area (Å²) in [5, 5.41) is 12.8. The number of anilines is 3. The molecule has 46 heavy (non-hydrogen) atoms. The Hall–Kier alpha value is -5.56. The number of amides is 3. The van der Waals surface area contributed by atoms with Crippen LogP contribution >= 0.6 is 0 Å². The number of halogens is 2. The molecule has 1 N–H and O–H groups in total. The van der Waals surface area contributed by atoms with Crippen molar-refractivity contribution in [3.05, 3.63) is 113 Å². The Labute approximate surface area is 265 Å². The normalized spacial score (nSPS) is 14.3. The van der Waals surface area contributed by atoms with E-state index in [1.807, 2.05) is 0 Å². The van der Waals surface area contributed by atoms with Crippen LogP contribution in [0.2, 0.25) is 0 Å². The van der Waals surface area contributed by atoms with Crippen LogP contribution in [0.15, 0.2) is 84.9 Å². The van der Waals surface area contributed by atoms with Gasteiger partial charge in [-0.25, -0.2) is 23.3 Å². The Morgan fingerprint density at radius 3 is 2.20 bits per heavy atom. The summed E-state index contributed by atoms with van der Waals surface area (Å²) in [7, 11) is 0. The number of benzene rings is 4. The van der Waals surface area contributed by atoms with Gasteiger partial charge in [-0.15, -0.1) is 0 Å². The molecule has 4 aromatic rings. The van der Waals surface area contributed by atoms with Gasteiger partial charge < -0.3 is 15.0 Å². The quantitative estimate of drug-likeness (QED) is 0.166. The third kappa shape index (κ3) is 6.44. The first kappa shape index (κ1) is 31.9. The fourth-order valence-corrected chi connectivity index (χ4v) is 5.12. The molecule has 0 saturated carbocycles. The Morgan fingerprint density at radius 2 is 1.57 bits per heavy atom. The maximum atomic E-state index is 14.4. The van der Waals surface area contributed by atoms with Gasteiger partial charge in [-0.2, -0.15) is 5.26 Å². The summed E-state index contributed by atoms with van der Waals surface area (Å²) in [4.78, 5) is 42.5. The highest BCUT2D eigenvalue weighted by Crippen LogP contribution is 2.37. The molecule has 0 radical (unpaired) electrons. The number of rotatable bonds is 7. The minimum Gasteiger partial charge on any atom is -0.456 e. The summed E-state index contributed by atoms with van der Waals surface area (Å²) >= 11 is 0. The van der Waals surface area contributed by atoms with Crippen LogP contribution in [0.25, 0.3) is 11.1 Å². The van der Waals surface area contributed by atoms with Crippen molar-refractivity contribution in [1.82, 2.24) is 4.90 Å². The number of urea groups is 1. The molecular weight excluding hydrogens is 590 g/mol. The van der Waals surface area contributed by atoms with Gasteiger partial charge in [-0.05, 0) is 112 Å². The van der Waals surface area contributed by atoms with Gasteiger partial charge in [0, 0.05) is 16.9 Å². The molecule has 234 valence electrons. The second-order valence-corrected chi connectivity index (χ2v) is 12.4. The first-order valence-corrected chi connectivity index (χ1v) is 14.5. The van der Waals surface area contributed by atoms with E-state index in [0.29, 0.717) is 39.2 Å². The summed E-state index contributed by atoms with van der Waals surface area (Å²) in [6.07, 6.45) is 0. The van der Waals surface area contributed by atoms with Crippen molar-refractivity contribution < 1.29 is 27.9 Å². The molecule has 1 heterocycles. The highest BCUT2D eigenvalue weighted by Gasteiger charge is 2.52. The minimum atomic E-state index is -1.28. The SMILES string of the molecule is CC(C)(C)OC(=O)c1ccc(Nc2cc(F)ccc2CN2C(=O)N(c3ccc(C#N)c(-c4ccc(F)cc4)c3)C(=O)C2(C)C)cc1. The van der Waals surface area contributed by atoms with Crippen molar-refractivity contribution in [1.29, 1.82) is 5.26 Å². The van der Waals surface area contributed by atoms with Crippen LogP contribution in [-0.4, -0.2) is 33.9 Å². The van der Waals surface area contributed by atoms with Gasteiger partial charge in [0.05, 0.1) is 29.4 Å².